The minimum Gasteiger partial charge on any atom is -0.497 e. The Morgan fingerprint density at radius 2 is 1.87 bits per heavy atom. The Hall–Kier alpha value is -3.72. The lowest BCUT2D eigenvalue weighted by atomic mass is 10.1. The van der Waals surface area contributed by atoms with Gasteiger partial charge < -0.3 is 20.1 Å². The van der Waals surface area contributed by atoms with Crippen LogP contribution < -0.4 is 15.4 Å². The van der Waals surface area contributed by atoms with E-state index in [-0.39, 0.29) is 5.82 Å². The second-order valence-corrected chi connectivity index (χ2v) is 7.18. The number of fused-ring (bicyclic) bond motifs is 1. The maximum atomic E-state index is 13.8. The number of ether oxygens (including phenoxy) is 2. The molecule has 9 heteroatoms. The van der Waals surface area contributed by atoms with Crippen LogP contribution >= 0.6 is 0 Å². The number of hydrogen-bond acceptors (Lipinski definition) is 7. The summed E-state index contributed by atoms with van der Waals surface area (Å²) in [5.41, 5.74) is 8.92. The molecule has 0 saturated carbocycles. The fourth-order valence-corrected chi connectivity index (χ4v) is 3.69. The summed E-state index contributed by atoms with van der Waals surface area (Å²) in [6.45, 7) is 2.58. The zero-order valence-electron chi connectivity index (χ0n) is 17.0. The molecule has 158 valence electrons. The topological polar surface area (TPSA) is 91.3 Å². The molecular weight excluding hydrogens is 399 g/mol. The van der Waals surface area contributed by atoms with Crippen LogP contribution in [0.1, 0.15) is 0 Å². The number of nitrogen functional groups attached to an aromatic ring is 1. The Kier molecular flexibility index (Phi) is 4.87. The number of halogens is 1. The molecule has 3 heterocycles. The van der Waals surface area contributed by atoms with Crippen molar-refractivity contribution in [2.75, 3.05) is 44.0 Å². The van der Waals surface area contributed by atoms with Gasteiger partial charge in [-0.25, -0.2) is 14.1 Å². The average molecular weight is 420 g/mol. The lowest BCUT2D eigenvalue weighted by molar-refractivity contribution is 0.122. The van der Waals surface area contributed by atoms with Crippen molar-refractivity contribution in [3.05, 3.63) is 54.3 Å². The highest BCUT2D eigenvalue weighted by atomic mass is 19.1. The number of benzene rings is 2. The van der Waals surface area contributed by atoms with Gasteiger partial charge in [-0.15, -0.1) is 5.10 Å². The van der Waals surface area contributed by atoms with Gasteiger partial charge in [0.05, 0.1) is 37.1 Å². The van der Waals surface area contributed by atoms with E-state index in [1.807, 2.05) is 24.3 Å². The number of nitrogens with zero attached hydrogens (tertiary/aromatic N) is 5. The highest BCUT2D eigenvalue weighted by Crippen LogP contribution is 2.34. The minimum absolute atomic E-state index is 0.340. The SMILES string of the molecule is COc1cccc(-c2nc(N3CCOCC3)nc3nn(-c4cccc(F)c4)c(N)c23)c1. The number of morpholine rings is 1. The Bertz CT molecular complexity index is 1250. The summed E-state index contributed by atoms with van der Waals surface area (Å²) < 4.78 is 26.2. The van der Waals surface area contributed by atoms with Crippen molar-refractivity contribution in [3.63, 3.8) is 0 Å². The van der Waals surface area contributed by atoms with Gasteiger partial charge in [-0.1, -0.05) is 18.2 Å². The zero-order valence-corrected chi connectivity index (χ0v) is 17.0. The van der Waals surface area contributed by atoms with Crippen molar-refractivity contribution in [3.8, 4) is 22.7 Å². The Morgan fingerprint density at radius 1 is 1.06 bits per heavy atom. The maximum absolute atomic E-state index is 13.8. The molecule has 0 bridgehead atoms. The fraction of sp³-hybridized carbons (Fsp3) is 0.227. The number of anilines is 2. The second kappa shape index (κ2) is 7.84. The van der Waals surface area contributed by atoms with Crippen molar-refractivity contribution >= 4 is 22.8 Å². The van der Waals surface area contributed by atoms with Crippen LogP contribution in [-0.4, -0.2) is 53.2 Å². The summed E-state index contributed by atoms with van der Waals surface area (Å²) in [4.78, 5) is 11.6. The fourth-order valence-electron chi connectivity index (χ4n) is 3.69. The number of nitrogens with two attached hydrogens (primary N) is 1. The largest absolute Gasteiger partial charge is 0.497 e. The summed E-state index contributed by atoms with van der Waals surface area (Å²) in [6, 6.07) is 13.7. The van der Waals surface area contributed by atoms with Gasteiger partial charge in [-0.3, -0.25) is 0 Å². The molecule has 0 aliphatic carbocycles. The Morgan fingerprint density at radius 3 is 2.65 bits per heavy atom. The predicted octanol–water partition coefficient (Wildman–Crippen LogP) is 3.05. The summed E-state index contributed by atoms with van der Waals surface area (Å²) in [5.74, 6) is 1.22. The van der Waals surface area contributed by atoms with Crippen LogP contribution in [0.5, 0.6) is 5.75 Å². The number of hydrogen-bond donors (Lipinski definition) is 1. The number of rotatable bonds is 4. The van der Waals surface area contributed by atoms with E-state index in [1.165, 1.54) is 16.8 Å². The maximum Gasteiger partial charge on any atom is 0.228 e. The molecule has 2 N–H and O–H groups in total. The molecule has 1 saturated heterocycles. The molecule has 0 unspecified atom stereocenters. The van der Waals surface area contributed by atoms with E-state index >= 15 is 0 Å². The van der Waals surface area contributed by atoms with Crippen molar-refractivity contribution in [2.45, 2.75) is 0 Å². The molecular formula is C22H21FN6O2. The molecule has 0 amide bonds. The molecule has 1 aliphatic heterocycles. The van der Waals surface area contributed by atoms with E-state index in [1.54, 1.807) is 19.2 Å². The second-order valence-electron chi connectivity index (χ2n) is 7.18. The monoisotopic (exact) mass is 420 g/mol. The quantitative estimate of drug-likeness (QED) is 0.543. The van der Waals surface area contributed by atoms with Crippen molar-refractivity contribution < 1.29 is 13.9 Å². The van der Waals surface area contributed by atoms with Gasteiger partial charge in [0.15, 0.2) is 5.65 Å². The first-order valence-corrected chi connectivity index (χ1v) is 9.93. The van der Waals surface area contributed by atoms with E-state index in [9.17, 15) is 4.39 Å². The van der Waals surface area contributed by atoms with Gasteiger partial charge >= 0.3 is 0 Å². The molecule has 0 atom stereocenters. The van der Waals surface area contributed by atoms with Crippen LogP contribution in [-0.2, 0) is 4.74 Å². The first-order valence-electron chi connectivity index (χ1n) is 9.93. The number of methoxy groups -OCH3 is 1. The van der Waals surface area contributed by atoms with Gasteiger partial charge in [0.2, 0.25) is 5.95 Å². The van der Waals surface area contributed by atoms with Gasteiger partial charge in [0.1, 0.15) is 17.4 Å². The van der Waals surface area contributed by atoms with Crippen molar-refractivity contribution in [2.24, 2.45) is 0 Å². The third-order valence-corrected chi connectivity index (χ3v) is 5.25. The van der Waals surface area contributed by atoms with Crippen LogP contribution in [0.4, 0.5) is 16.2 Å². The van der Waals surface area contributed by atoms with Gasteiger partial charge in [-0.2, -0.15) is 4.98 Å². The van der Waals surface area contributed by atoms with E-state index in [4.69, 9.17) is 20.2 Å². The first kappa shape index (κ1) is 19.3. The summed E-state index contributed by atoms with van der Waals surface area (Å²) >= 11 is 0. The van der Waals surface area contributed by atoms with Crippen molar-refractivity contribution in [1.82, 2.24) is 19.7 Å². The van der Waals surface area contributed by atoms with Crippen LogP contribution in [0.25, 0.3) is 28.0 Å². The Labute approximate surface area is 178 Å². The van der Waals surface area contributed by atoms with Crippen LogP contribution in [0.3, 0.4) is 0 Å². The number of aromatic nitrogens is 4. The first-order chi connectivity index (χ1) is 15.1. The van der Waals surface area contributed by atoms with E-state index in [2.05, 4.69) is 15.0 Å². The highest BCUT2D eigenvalue weighted by Gasteiger charge is 2.22. The molecule has 5 rings (SSSR count). The smallest absolute Gasteiger partial charge is 0.228 e. The lowest BCUT2D eigenvalue weighted by Gasteiger charge is -2.27. The summed E-state index contributed by atoms with van der Waals surface area (Å²) in [7, 11) is 1.62. The van der Waals surface area contributed by atoms with E-state index in [0.29, 0.717) is 66.2 Å². The third-order valence-electron chi connectivity index (χ3n) is 5.25. The van der Waals surface area contributed by atoms with E-state index in [0.717, 1.165) is 5.56 Å². The molecule has 1 fully saturated rings. The summed E-state index contributed by atoms with van der Waals surface area (Å²) in [6.07, 6.45) is 0. The van der Waals surface area contributed by atoms with Crippen LogP contribution in [0.15, 0.2) is 48.5 Å². The third kappa shape index (κ3) is 3.53. The molecule has 0 spiro atoms. The average Bonchev–Trinajstić information content (AvgIpc) is 3.15. The van der Waals surface area contributed by atoms with Gasteiger partial charge in [0, 0.05) is 18.7 Å². The summed E-state index contributed by atoms with van der Waals surface area (Å²) in [5, 5.41) is 5.20. The lowest BCUT2D eigenvalue weighted by Crippen LogP contribution is -2.37. The predicted molar refractivity (Wildman–Crippen MR) is 116 cm³/mol. The Balaban J connectivity index is 1.75. The van der Waals surface area contributed by atoms with Crippen LogP contribution in [0, 0.1) is 5.82 Å². The molecule has 8 nitrogen and oxygen atoms in total. The molecule has 4 aromatic rings. The van der Waals surface area contributed by atoms with Crippen molar-refractivity contribution in [1.29, 1.82) is 0 Å². The van der Waals surface area contributed by atoms with E-state index < -0.39 is 0 Å². The molecule has 1 aliphatic rings. The highest BCUT2D eigenvalue weighted by molar-refractivity contribution is 5.99. The molecule has 2 aromatic heterocycles. The normalized spacial score (nSPS) is 14.2. The molecule has 2 aromatic carbocycles. The molecule has 31 heavy (non-hydrogen) atoms. The van der Waals surface area contributed by atoms with Crippen LogP contribution in [0.2, 0.25) is 0 Å². The minimum atomic E-state index is -0.371. The van der Waals surface area contributed by atoms with Gasteiger partial charge in [0.25, 0.3) is 0 Å². The molecule has 0 radical (unpaired) electrons. The standard InChI is InChI=1S/C22H21FN6O2/c1-30-17-7-2-4-14(12-17)19-18-20(24)29(16-6-3-5-15(23)13-16)27-21(18)26-22(25-19)28-8-10-31-11-9-28/h2-7,12-13H,8-11,24H2,1H3. The zero-order chi connectivity index (χ0) is 21.4. The van der Waals surface area contributed by atoms with Gasteiger partial charge in [-0.05, 0) is 30.3 Å².